The number of nitrogens with one attached hydrogen (secondary N) is 2. The smallest absolute Gasteiger partial charge is 0.150 e. The lowest BCUT2D eigenvalue weighted by Crippen LogP contribution is -2.20. The Hall–Kier alpha value is -1.51. The van der Waals surface area contributed by atoms with Gasteiger partial charge in [-0.3, -0.25) is 4.79 Å². The van der Waals surface area contributed by atoms with Gasteiger partial charge >= 0.3 is 0 Å². The summed E-state index contributed by atoms with van der Waals surface area (Å²) in [6.07, 6.45) is 0.858. The molecule has 2 N–H and O–H groups in total. The SMILES string of the molecule is O=Cc1ccc2c(c1)NCCN2. The Labute approximate surface area is 70.8 Å². The molecule has 12 heavy (non-hydrogen) atoms. The summed E-state index contributed by atoms with van der Waals surface area (Å²) in [4.78, 5) is 10.4. The Morgan fingerprint density at radius 1 is 1.17 bits per heavy atom. The van der Waals surface area contributed by atoms with Gasteiger partial charge in [0.1, 0.15) is 6.29 Å². The minimum Gasteiger partial charge on any atom is -0.382 e. The topological polar surface area (TPSA) is 41.1 Å². The van der Waals surface area contributed by atoms with E-state index in [0.717, 1.165) is 30.8 Å². The van der Waals surface area contributed by atoms with Gasteiger partial charge in [-0.05, 0) is 18.2 Å². The van der Waals surface area contributed by atoms with Crippen LogP contribution >= 0.6 is 0 Å². The van der Waals surface area contributed by atoms with Crippen LogP contribution in [-0.2, 0) is 0 Å². The first-order chi connectivity index (χ1) is 5.90. The van der Waals surface area contributed by atoms with E-state index in [-0.39, 0.29) is 0 Å². The largest absolute Gasteiger partial charge is 0.382 e. The maximum Gasteiger partial charge on any atom is 0.150 e. The third kappa shape index (κ3) is 1.13. The molecule has 2 rings (SSSR count). The summed E-state index contributed by atoms with van der Waals surface area (Å²) in [5.74, 6) is 0. The van der Waals surface area contributed by atoms with E-state index in [0.29, 0.717) is 5.56 Å². The average molecular weight is 162 g/mol. The molecule has 0 bridgehead atoms. The van der Waals surface area contributed by atoms with Gasteiger partial charge in [0.15, 0.2) is 0 Å². The highest BCUT2D eigenvalue weighted by atomic mass is 16.1. The third-order valence-electron chi connectivity index (χ3n) is 1.94. The fraction of sp³-hybridized carbons (Fsp3) is 0.222. The summed E-state index contributed by atoms with van der Waals surface area (Å²) >= 11 is 0. The second-order valence-corrected chi connectivity index (χ2v) is 2.78. The van der Waals surface area contributed by atoms with Crippen LogP contribution in [0.5, 0.6) is 0 Å². The highest BCUT2D eigenvalue weighted by Crippen LogP contribution is 2.24. The molecule has 3 nitrogen and oxygen atoms in total. The van der Waals surface area contributed by atoms with Crippen molar-refractivity contribution < 1.29 is 4.79 Å². The van der Waals surface area contributed by atoms with Gasteiger partial charge in [-0.2, -0.15) is 0 Å². The minimum absolute atomic E-state index is 0.713. The van der Waals surface area contributed by atoms with E-state index >= 15 is 0 Å². The molecule has 0 atom stereocenters. The molecule has 1 aromatic rings. The van der Waals surface area contributed by atoms with E-state index in [2.05, 4.69) is 10.6 Å². The van der Waals surface area contributed by atoms with Gasteiger partial charge in [0.05, 0.1) is 11.4 Å². The molecule has 0 saturated heterocycles. The molecular weight excluding hydrogens is 152 g/mol. The predicted octanol–water partition coefficient (Wildman–Crippen LogP) is 1.34. The summed E-state index contributed by atoms with van der Waals surface area (Å²) in [6, 6.07) is 5.59. The van der Waals surface area contributed by atoms with E-state index < -0.39 is 0 Å². The van der Waals surface area contributed by atoms with Gasteiger partial charge in [-0.25, -0.2) is 0 Å². The molecule has 1 aliphatic heterocycles. The summed E-state index contributed by atoms with van der Waals surface area (Å²) in [7, 11) is 0. The van der Waals surface area contributed by atoms with Crippen LogP contribution in [0.2, 0.25) is 0 Å². The lowest BCUT2D eigenvalue weighted by atomic mass is 10.1. The van der Waals surface area contributed by atoms with Crippen molar-refractivity contribution in [3.05, 3.63) is 23.8 Å². The van der Waals surface area contributed by atoms with Gasteiger partial charge in [0.25, 0.3) is 0 Å². The van der Waals surface area contributed by atoms with Crippen molar-refractivity contribution >= 4 is 17.7 Å². The van der Waals surface area contributed by atoms with Crippen molar-refractivity contribution in [2.75, 3.05) is 23.7 Å². The maximum absolute atomic E-state index is 10.4. The molecular formula is C9H10N2O. The molecule has 1 aliphatic rings. The quantitative estimate of drug-likeness (QED) is 0.612. The number of anilines is 2. The van der Waals surface area contributed by atoms with E-state index in [9.17, 15) is 4.79 Å². The van der Waals surface area contributed by atoms with Crippen LogP contribution in [-0.4, -0.2) is 19.4 Å². The molecule has 0 radical (unpaired) electrons. The van der Waals surface area contributed by atoms with Crippen LogP contribution < -0.4 is 10.6 Å². The van der Waals surface area contributed by atoms with Crippen molar-refractivity contribution in [2.24, 2.45) is 0 Å². The maximum atomic E-state index is 10.4. The van der Waals surface area contributed by atoms with E-state index in [1.165, 1.54) is 0 Å². The number of carbonyl (C=O) groups is 1. The van der Waals surface area contributed by atoms with Crippen LogP contribution in [0.1, 0.15) is 10.4 Å². The zero-order valence-electron chi connectivity index (χ0n) is 6.63. The minimum atomic E-state index is 0.713. The summed E-state index contributed by atoms with van der Waals surface area (Å²) < 4.78 is 0. The van der Waals surface area contributed by atoms with Crippen LogP contribution in [0.4, 0.5) is 11.4 Å². The highest BCUT2D eigenvalue weighted by Gasteiger charge is 2.06. The Balaban J connectivity index is 2.42. The number of rotatable bonds is 1. The van der Waals surface area contributed by atoms with Crippen LogP contribution in [0.25, 0.3) is 0 Å². The molecule has 62 valence electrons. The number of carbonyl (C=O) groups excluding carboxylic acids is 1. The molecule has 1 heterocycles. The second-order valence-electron chi connectivity index (χ2n) is 2.78. The lowest BCUT2D eigenvalue weighted by Gasteiger charge is -2.19. The second kappa shape index (κ2) is 2.85. The monoisotopic (exact) mass is 162 g/mol. The van der Waals surface area contributed by atoms with E-state index in [1.807, 2.05) is 18.2 Å². The first-order valence-electron chi connectivity index (χ1n) is 3.97. The predicted molar refractivity (Wildman–Crippen MR) is 48.8 cm³/mol. The van der Waals surface area contributed by atoms with Crippen molar-refractivity contribution in [1.29, 1.82) is 0 Å². The fourth-order valence-corrected chi connectivity index (χ4v) is 1.33. The Kier molecular flexibility index (Phi) is 1.70. The Bertz CT molecular complexity index is 309. The van der Waals surface area contributed by atoms with Crippen molar-refractivity contribution in [3.8, 4) is 0 Å². The Morgan fingerprint density at radius 2 is 1.92 bits per heavy atom. The highest BCUT2D eigenvalue weighted by molar-refractivity contribution is 5.82. The molecule has 3 heteroatoms. The zero-order chi connectivity index (χ0) is 8.39. The van der Waals surface area contributed by atoms with Crippen molar-refractivity contribution in [1.82, 2.24) is 0 Å². The molecule has 0 unspecified atom stereocenters. The number of benzene rings is 1. The zero-order valence-corrected chi connectivity index (χ0v) is 6.63. The number of aldehydes is 1. The summed E-state index contributed by atoms with van der Waals surface area (Å²) in [6.45, 7) is 1.85. The average Bonchev–Trinajstić information content (AvgIpc) is 2.17. The lowest BCUT2D eigenvalue weighted by molar-refractivity contribution is 0.112. The van der Waals surface area contributed by atoms with Crippen LogP contribution in [0, 0.1) is 0 Å². The first-order valence-corrected chi connectivity index (χ1v) is 3.97. The molecule has 0 fully saturated rings. The molecule has 1 aromatic carbocycles. The van der Waals surface area contributed by atoms with Gasteiger partial charge in [-0.1, -0.05) is 0 Å². The Morgan fingerprint density at radius 3 is 2.67 bits per heavy atom. The van der Waals surface area contributed by atoms with Gasteiger partial charge < -0.3 is 10.6 Å². The van der Waals surface area contributed by atoms with Gasteiger partial charge in [0.2, 0.25) is 0 Å². The number of hydrogen-bond acceptors (Lipinski definition) is 3. The molecule has 0 saturated carbocycles. The third-order valence-corrected chi connectivity index (χ3v) is 1.94. The van der Waals surface area contributed by atoms with Crippen molar-refractivity contribution in [2.45, 2.75) is 0 Å². The molecule has 0 aliphatic carbocycles. The first kappa shape index (κ1) is 7.16. The van der Waals surface area contributed by atoms with Crippen molar-refractivity contribution in [3.63, 3.8) is 0 Å². The van der Waals surface area contributed by atoms with Crippen LogP contribution in [0.15, 0.2) is 18.2 Å². The summed E-state index contributed by atoms with van der Waals surface area (Å²) in [5, 5.41) is 6.45. The van der Waals surface area contributed by atoms with Crippen LogP contribution in [0.3, 0.4) is 0 Å². The molecule has 0 spiro atoms. The van der Waals surface area contributed by atoms with Gasteiger partial charge in [0, 0.05) is 18.7 Å². The van der Waals surface area contributed by atoms with Gasteiger partial charge in [-0.15, -0.1) is 0 Å². The summed E-state index contributed by atoms with van der Waals surface area (Å²) in [5.41, 5.74) is 2.81. The standard InChI is InChI=1S/C9H10N2O/c12-6-7-1-2-8-9(5-7)11-4-3-10-8/h1-2,5-6,10-11H,3-4H2. The molecule has 0 amide bonds. The van der Waals surface area contributed by atoms with E-state index in [1.54, 1.807) is 0 Å². The normalized spacial score (nSPS) is 14.0. The fourth-order valence-electron chi connectivity index (χ4n) is 1.33. The number of hydrogen-bond donors (Lipinski definition) is 2. The van der Waals surface area contributed by atoms with E-state index in [4.69, 9.17) is 0 Å². The molecule has 0 aromatic heterocycles. The number of fused-ring (bicyclic) bond motifs is 1.